The highest BCUT2D eigenvalue weighted by Gasteiger charge is 2.29. The highest BCUT2D eigenvalue weighted by molar-refractivity contribution is 5.72. The summed E-state index contributed by atoms with van der Waals surface area (Å²) in [5.41, 5.74) is 0. The van der Waals surface area contributed by atoms with E-state index in [9.17, 15) is 9.90 Å². The zero-order valence-electron chi connectivity index (χ0n) is 8.10. The molecule has 1 rings (SSSR count). The van der Waals surface area contributed by atoms with Gasteiger partial charge in [-0.25, -0.2) is 0 Å². The standard InChI is InChI=1S/C9H17NO3/c1-6-5-10(4-3-8(6)11)7(2)9(12)13/h6-8,11H,3-5H2,1-2H3,(H,12,13)/t6-,7+,8+/m1/s1. The van der Waals surface area contributed by atoms with Crippen LogP contribution in [0.1, 0.15) is 20.3 Å². The van der Waals surface area contributed by atoms with Crippen molar-refractivity contribution in [1.82, 2.24) is 4.90 Å². The van der Waals surface area contributed by atoms with Crippen molar-refractivity contribution in [3.05, 3.63) is 0 Å². The molecule has 4 heteroatoms. The molecule has 0 aromatic carbocycles. The van der Waals surface area contributed by atoms with Crippen LogP contribution in [-0.4, -0.2) is 46.3 Å². The van der Waals surface area contributed by atoms with Crippen molar-refractivity contribution >= 4 is 5.97 Å². The van der Waals surface area contributed by atoms with Gasteiger partial charge in [-0.2, -0.15) is 0 Å². The smallest absolute Gasteiger partial charge is 0.320 e. The van der Waals surface area contributed by atoms with Crippen LogP contribution in [-0.2, 0) is 4.79 Å². The topological polar surface area (TPSA) is 60.8 Å². The molecule has 0 unspecified atom stereocenters. The van der Waals surface area contributed by atoms with Gasteiger partial charge in [0, 0.05) is 13.1 Å². The first-order valence-electron chi connectivity index (χ1n) is 4.67. The molecule has 0 aromatic heterocycles. The lowest BCUT2D eigenvalue weighted by Gasteiger charge is -2.36. The van der Waals surface area contributed by atoms with Crippen LogP contribution in [0.15, 0.2) is 0 Å². The van der Waals surface area contributed by atoms with Gasteiger partial charge in [0.15, 0.2) is 0 Å². The Bertz CT molecular complexity index is 195. The van der Waals surface area contributed by atoms with Crippen molar-refractivity contribution in [2.45, 2.75) is 32.4 Å². The fourth-order valence-corrected chi connectivity index (χ4v) is 1.67. The van der Waals surface area contributed by atoms with Crippen LogP contribution >= 0.6 is 0 Å². The second kappa shape index (κ2) is 4.07. The summed E-state index contributed by atoms with van der Waals surface area (Å²) in [6.45, 7) is 4.99. The number of nitrogens with zero attached hydrogens (tertiary/aromatic N) is 1. The van der Waals surface area contributed by atoms with E-state index in [4.69, 9.17) is 5.11 Å². The summed E-state index contributed by atoms with van der Waals surface area (Å²) in [4.78, 5) is 12.6. The fourth-order valence-electron chi connectivity index (χ4n) is 1.67. The Labute approximate surface area is 78.2 Å². The SMILES string of the molecule is C[C@@H]1CN([C@@H](C)C(=O)O)CC[C@@H]1O. The van der Waals surface area contributed by atoms with Gasteiger partial charge in [-0.05, 0) is 19.3 Å². The lowest BCUT2D eigenvalue weighted by Crippen LogP contribution is -2.48. The molecule has 0 bridgehead atoms. The number of hydrogen-bond acceptors (Lipinski definition) is 3. The molecule has 1 aliphatic heterocycles. The molecule has 76 valence electrons. The molecule has 0 saturated carbocycles. The third-order valence-electron chi connectivity index (χ3n) is 2.80. The maximum Gasteiger partial charge on any atom is 0.320 e. The van der Waals surface area contributed by atoms with E-state index in [1.54, 1.807) is 6.92 Å². The average Bonchev–Trinajstić information content (AvgIpc) is 2.08. The lowest BCUT2D eigenvalue weighted by molar-refractivity contribution is -0.144. The predicted octanol–water partition coefficient (Wildman–Crippen LogP) is 0.162. The Kier molecular flexibility index (Phi) is 3.27. The van der Waals surface area contributed by atoms with Gasteiger partial charge < -0.3 is 10.2 Å². The van der Waals surface area contributed by atoms with Gasteiger partial charge >= 0.3 is 5.97 Å². The normalized spacial score (nSPS) is 32.8. The molecule has 0 spiro atoms. The molecule has 1 saturated heterocycles. The number of aliphatic hydroxyl groups excluding tert-OH is 1. The van der Waals surface area contributed by atoms with Crippen LogP contribution in [0.3, 0.4) is 0 Å². The second-order valence-corrected chi connectivity index (χ2v) is 3.84. The van der Waals surface area contributed by atoms with E-state index in [0.29, 0.717) is 19.5 Å². The van der Waals surface area contributed by atoms with Crippen LogP contribution in [0.25, 0.3) is 0 Å². The van der Waals surface area contributed by atoms with Gasteiger partial charge in [0.05, 0.1) is 6.10 Å². The molecule has 1 fully saturated rings. The van der Waals surface area contributed by atoms with Gasteiger partial charge in [-0.15, -0.1) is 0 Å². The van der Waals surface area contributed by atoms with Crippen LogP contribution in [0.2, 0.25) is 0 Å². The molecule has 0 radical (unpaired) electrons. The largest absolute Gasteiger partial charge is 0.480 e. The number of aliphatic hydroxyl groups is 1. The first-order chi connectivity index (χ1) is 6.02. The van der Waals surface area contributed by atoms with Crippen LogP contribution in [0.4, 0.5) is 0 Å². The van der Waals surface area contributed by atoms with E-state index < -0.39 is 12.0 Å². The average molecular weight is 187 g/mol. The Hall–Kier alpha value is -0.610. The highest BCUT2D eigenvalue weighted by atomic mass is 16.4. The molecular weight excluding hydrogens is 170 g/mol. The maximum atomic E-state index is 10.7. The number of likely N-dealkylation sites (tertiary alicyclic amines) is 1. The van der Waals surface area contributed by atoms with Gasteiger partial charge in [-0.3, -0.25) is 9.69 Å². The van der Waals surface area contributed by atoms with Crippen molar-refractivity contribution in [3.8, 4) is 0 Å². The van der Waals surface area contributed by atoms with Gasteiger partial charge in [0.25, 0.3) is 0 Å². The molecule has 3 atom stereocenters. The first kappa shape index (κ1) is 10.5. The van der Waals surface area contributed by atoms with E-state index in [2.05, 4.69) is 0 Å². The Morgan fingerprint density at radius 3 is 2.69 bits per heavy atom. The van der Waals surface area contributed by atoms with Gasteiger partial charge in [0.2, 0.25) is 0 Å². The molecule has 1 heterocycles. The van der Waals surface area contributed by atoms with Crippen molar-refractivity contribution in [1.29, 1.82) is 0 Å². The summed E-state index contributed by atoms with van der Waals surface area (Å²) < 4.78 is 0. The minimum atomic E-state index is -0.788. The minimum Gasteiger partial charge on any atom is -0.480 e. The van der Waals surface area contributed by atoms with Crippen molar-refractivity contribution in [3.63, 3.8) is 0 Å². The van der Waals surface area contributed by atoms with E-state index in [1.807, 2.05) is 11.8 Å². The maximum absolute atomic E-state index is 10.7. The van der Waals surface area contributed by atoms with Crippen molar-refractivity contribution in [2.24, 2.45) is 5.92 Å². The number of piperidine rings is 1. The summed E-state index contributed by atoms with van der Waals surface area (Å²) in [6, 6.07) is -0.435. The fraction of sp³-hybridized carbons (Fsp3) is 0.889. The third kappa shape index (κ3) is 2.42. The van der Waals surface area contributed by atoms with Crippen LogP contribution in [0.5, 0.6) is 0 Å². The van der Waals surface area contributed by atoms with Gasteiger partial charge in [-0.1, -0.05) is 6.92 Å². The number of carbonyl (C=O) groups is 1. The highest BCUT2D eigenvalue weighted by Crippen LogP contribution is 2.18. The lowest BCUT2D eigenvalue weighted by atomic mass is 9.96. The second-order valence-electron chi connectivity index (χ2n) is 3.84. The molecule has 0 aromatic rings. The number of rotatable bonds is 2. The van der Waals surface area contributed by atoms with Crippen LogP contribution < -0.4 is 0 Å². The van der Waals surface area contributed by atoms with Crippen molar-refractivity contribution < 1.29 is 15.0 Å². The molecule has 0 aliphatic carbocycles. The molecule has 13 heavy (non-hydrogen) atoms. The number of carboxylic acids is 1. The predicted molar refractivity (Wildman–Crippen MR) is 48.5 cm³/mol. The number of carboxylic acid groups (broad SMARTS) is 1. The summed E-state index contributed by atoms with van der Waals surface area (Å²) in [7, 11) is 0. The molecule has 2 N–H and O–H groups in total. The molecule has 4 nitrogen and oxygen atoms in total. The molecule has 1 aliphatic rings. The summed E-state index contributed by atoms with van der Waals surface area (Å²) in [6.07, 6.45) is 0.413. The van der Waals surface area contributed by atoms with Crippen molar-refractivity contribution in [2.75, 3.05) is 13.1 Å². The Morgan fingerprint density at radius 1 is 1.62 bits per heavy atom. The summed E-state index contributed by atoms with van der Waals surface area (Å²) >= 11 is 0. The van der Waals surface area contributed by atoms with E-state index >= 15 is 0 Å². The zero-order valence-corrected chi connectivity index (χ0v) is 8.10. The minimum absolute atomic E-state index is 0.176. The third-order valence-corrected chi connectivity index (χ3v) is 2.80. The number of hydrogen-bond donors (Lipinski definition) is 2. The van der Waals surface area contributed by atoms with E-state index in [0.717, 1.165) is 0 Å². The van der Waals surface area contributed by atoms with Gasteiger partial charge in [0.1, 0.15) is 6.04 Å². The zero-order chi connectivity index (χ0) is 10.0. The Morgan fingerprint density at radius 2 is 2.23 bits per heavy atom. The summed E-state index contributed by atoms with van der Waals surface area (Å²) in [5.74, 6) is -0.612. The summed E-state index contributed by atoms with van der Waals surface area (Å²) in [5, 5.41) is 18.2. The monoisotopic (exact) mass is 187 g/mol. The van der Waals surface area contributed by atoms with E-state index in [-0.39, 0.29) is 12.0 Å². The Balaban J connectivity index is 2.50. The number of aliphatic carboxylic acids is 1. The van der Waals surface area contributed by atoms with E-state index in [1.165, 1.54) is 0 Å². The first-order valence-corrected chi connectivity index (χ1v) is 4.67. The molecular formula is C9H17NO3. The van der Waals surface area contributed by atoms with Crippen LogP contribution in [0, 0.1) is 5.92 Å². The molecule has 0 amide bonds. The quantitative estimate of drug-likeness (QED) is 0.646.